The lowest BCUT2D eigenvalue weighted by atomic mass is 9.92. The minimum atomic E-state index is -5.30. The number of rotatable bonds is 7. The summed E-state index contributed by atoms with van der Waals surface area (Å²) in [6, 6.07) is 6.91. The summed E-state index contributed by atoms with van der Waals surface area (Å²) in [5, 5.41) is 0. The van der Waals surface area contributed by atoms with Gasteiger partial charge in [0.15, 0.2) is 23.0 Å². The molecule has 8 nitrogen and oxygen atoms in total. The molecule has 2 aromatic rings. The van der Waals surface area contributed by atoms with Crippen molar-refractivity contribution in [3.8, 4) is 28.7 Å². The van der Waals surface area contributed by atoms with Crippen LogP contribution in [-0.4, -0.2) is 28.4 Å². The van der Waals surface area contributed by atoms with Gasteiger partial charge in [0.2, 0.25) is 5.75 Å². The second kappa shape index (κ2) is 8.83. The quantitative estimate of drug-likeness (QED) is 0.614. The van der Waals surface area contributed by atoms with Gasteiger partial charge in [-0.3, -0.25) is 0 Å². The minimum absolute atomic E-state index is 0.117. The molecular formula is C21H21O8P-2. The summed E-state index contributed by atoms with van der Waals surface area (Å²) in [5.74, 6) is 1.42. The van der Waals surface area contributed by atoms with Gasteiger partial charge in [0.25, 0.3) is 0 Å². The van der Waals surface area contributed by atoms with E-state index in [1.54, 1.807) is 24.3 Å². The third kappa shape index (κ3) is 4.31. The summed E-state index contributed by atoms with van der Waals surface area (Å²) < 4.78 is 37.6. The first-order valence-electron chi connectivity index (χ1n) is 8.92. The van der Waals surface area contributed by atoms with E-state index in [1.807, 2.05) is 18.2 Å². The Morgan fingerprint density at radius 3 is 2.03 bits per heavy atom. The normalized spacial score (nSPS) is 13.1. The molecule has 0 amide bonds. The maximum atomic E-state index is 11.3. The fourth-order valence-electron chi connectivity index (χ4n) is 3.36. The van der Waals surface area contributed by atoms with Crippen molar-refractivity contribution >= 4 is 13.4 Å². The number of phosphoric ester groups is 1. The van der Waals surface area contributed by atoms with E-state index in [0.29, 0.717) is 34.8 Å². The summed E-state index contributed by atoms with van der Waals surface area (Å²) in [6.45, 7) is 0. The van der Waals surface area contributed by atoms with E-state index in [2.05, 4.69) is 0 Å². The lowest BCUT2D eigenvalue weighted by molar-refractivity contribution is -0.333. The predicted molar refractivity (Wildman–Crippen MR) is 107 cm³/mol. The molecule has 0 aromatic heterocycles. The highest BCUT2D eigenvalue weighted by Gasteiger charge is 2.22. The van der Waals surface area contributed by atoms with Crippen LogP contribution in [0.2, 0.25) is 0 Å². The van der Waals surface area contributed by atoms with Crippen molar-refractivity contribution in [1.29, 1.82) is 0 Å². The van der Waals surface area contributed by atoms with Crippen LogP contribution in [0.4, 0.5) is 0 Å². The zero-order valence-corrected chi connectivity index (χ0v) is 17.9. The Labute approximate surface area is 174 Å². The molecule has 9 heteroatoms. The van der Waals surface area contributed by atoms with Crippen molar-refractivity contribution in [2.75, 3.05) is 28.4 Å². The fraction of sp³-hybridized carbons (Fsp3) is 0.238. The van der Waals surface area contributed by atoms with Gasteiger partial charge in [-0.15, -0.1) is 0 Å². The van der Waals surface area contributed by atoms with Crippen molar-refractivity contribution in [3.63, 3.8) is 0 Å². The summed E-state index contributed by atoms with van der Waals surface area (Å²) >= 11 is 0. The number of hydrogen-bond donors (Lipinski definition) is 0. The molecule has 0 fully saturated rings. The molecule has 0 bridgehead atoms. The van der Waals surface area contributed by atoms with Crippen molar-refractivity contribution in [3.05, 3.63) is 59.2 Å². The number of ether oxygens (including phenoxy) is 4. The molecule has 0 aliphatic heterocycles. The highest BCUT2D eigenvalue weighted by molar-refractivity contribution is 7.43. The Balaban J connectivity index is 2.24. The van der Waals surface area contributed by atoms with Crippen LogP contribution < -0.4 is 33.3 Å². The Morgan fingerprint density at radius 1 is 0.867 bits per heavy atom. The van der Waals surface area contributed by atoms with E-state index in [4.69, 9.17) is 23.5 Å². The first kappa shape index (κ1) is 21.8. The molecule has 0 N–H and O–H groups in total. The molecule has 0 radical (unpaired) electrons. The van der Waals surface area contributed by atoms with Gasteiger partial charge >= 0.3 is 0 Å². The zero-order valence-electron chi connectivity index (χ0n) is 17.0. The van der Waals surface area contributed by atoms with Gasteiger partial charge in [0, 0.05) is 5.56 Å². The Hall–Kier alpha value is -2.93. The highest BCUT2D eigenvalue weighted by atomic mass is 31.2. The van der Waals surface area contributed by atoms with Gasteiger partial charge in [-0.05, 0) is 41.3 Å². The summed E-state index contributed by atoms with van der Waals surface area (Å²) in [5.41, 5.74) is 2.67. The van der Waals surface area contributed by atoms with Crippen LogP contribution in [0, 0.1) is 0 Å². The molecule has 1 aliphatic rings. The van der Waals surface area contributed by atoms with Crippen LogP contribution >= 0.6 is 7.82 Å². The molecule has 0 spiro atoms. The number of phosphoric acid groups is 1. The van der Waals surface area contributed by atoms with E-state index >= 15 is 0 Å². The van der Waals surface area contributed by atoms with Crippen LogP contribution in [0.25, 0.3) is 5.57 Å². The molecule has 3 rings (SSSR count). The first-order chi connectivity index (χ1) is 14.3. The standard InChI is InChI=1S/C21H23O8P/c1-25-17-10-9-15-14(7-5-6-8-16(15)20(17)29-30(22,23)24)13-11-18(26-2)21(28-4)19(12-13)27-3/h5-7,9-12H,8H2,1-4H3,(H2,22,23,24)/p-2. The molecular weight excluding hydrogens is 411 g/mol. The maximum absolute atomic E-state index is 11.3. The van der Waals surface area contributed by atoms with Crippen LogP contribution in [0.15, 0.2) is 42.5 Å². The van der Waals surface area contributed by atoms with Crippen LogP contribution in [0.1, 0.15) is 16.7 Å². The molecule has 0 atom stereocenters. The number of fused-ring (bicyclic) bond motifs is 1. The summed E-state index contributed by atoms with van der Waals surface area (Å²) in [7, 11) is 0.636. The van der Waals surface area contributed by atoms with Gasteiger partial charge in [-0.25, -0.2) is 0 Å². The molecule has 1 aliphatic carbocycles. The SMILES string of the molecule is COc1cc(C2=CC=CCc3c2ccc(OC)c3OP(=O)([O-])[O-])cc(OC)c1OC. The second-order valence-electron chi connectivity index (χ2n) is 6.29. The Morgan fingerprint density at radius 2 is 1.50 bits per heavy atom. The van der Waals surface area contributed by atoms with Crippen molar-refractivity contribution in [2.24, 2.45) is 0 Å². The van der Waals surface area contributed by atoms with Gasteiger partial charge in [0.1, 0.15) is 7.82 Å². The third-order valence-corrected chi connectivity index (χ3v) is 5.04. The lowest BCUT2D eigenvalue weighted by Gasteiger charge is -2.31. The molecule has 2 aromatic carbocycles. The Bertz CT molecular complexity index is 1030. The molecule has 0 saturated heterocycles. The Kier molecular flexibility index (Phi) is 6.41. The van der Waals surface area contributed by atoms with Gasteiger partial charge in [-0.1, -0.05) is 24.3 Å². The second-order valence-corrected chi connectivity index (χ2v) is 7.37. The maximum Gasteiger partial charge on any atom is 0.203 e. The summed E-state index contributed by atoms with van der Waals surface area (Å²) in [4.78, 5) is 22.7. The molecule has 30 heavy (non-hydrogen) atoms. The zero-order chi connectivity index (χ0) is 21.9. The van der Waals surface area contributed by atoms with E-state index in [-0.39, 0.29) is 11.5 Å². The van der Waals surface area contributed by atoms with Crippen LogP contribution in [-0.2, 0) is 11.0 Å². The molecule has 0 unspecified atom stereocenters. The first-order valence-corrected chi connectivity index (χ1v) is 10.4. The predicted octanol–water partition coefficient (Wildman–Crippen LogP) is 2.47. The third-order valence-electron chi connectivity index (χ3n) is 4.63. The van der Waals surface area contributed by atoms with Gasteiger partial charge < -0.3 is 37.8 Å². The van der Waals surface area contributed by atoms with E-state index in [9.17, 15) is 14.4 Å². The number of benzene rings is 2. The molecule has 0 saturated carbocycles. The van der Waals surface area contributed by atoms with Gasteiger partial charge in [-0.2, -0.15) is 0 Å². The monoisotopic (exact) mass is 432 g/mol. The van der Waals surface area contributed by atoms with E-state index in [0.717, 1.165) is 11.1 Å². The van der Waals surface area contributed by atoms with E-state index in [1.165, 1.54) is 28.4 Å². The van der Waals surface area contributed by atoms with Gasteiger partial charge in [0.05, 0.1) is 28.4 Å². The van der Waals surface area contributed by atoms with Crippen molar-refractivity contribution < 1.29 is 37.8 Å². The summed E-state index contributed by atoms with van der Waals surface area (Å²) in [6.07, 6.45) is 5.88. The average molecular weight is 432 g/mol. The average Bonchev–Trinajstić information content (AvgIpc) is 2.94. The van der Waals surface area contributed by atoms with Crippen LogP contribution in [0.3, 0.4) is 0 Å². The fourth-order valence-corrected chi connectivity index (χ4v) is 3.79. The molecule has 0 heterocycles. The smallest absolute Gasteiger partial charge is 0.203 e. The lowest BCUT2D eigenvalue weighted by Crippen LogP contribution is -2.19. The van der Waals surface area contributed by atoms with Crippen molar-refractivity contribution in [2.45, 2.75) is 6.42 Å². The molecule has 160 valence electrons. The van der Waals surface area contributed by atoms with Crippen molar-refractivity contribution in [1.82, 2.24) is 0 Å². The minimum Gasteiger partial charge on any atom is -0.780 e. The number of hydrogen-bond acceptors (Lipinski definition) is 8. The number of allylic oxidation sites excluding steroid dienone is 3. The topological polar surface area (TPSA) is 109 Å². The largest absolute Gasteiger partial charge is 0.780 e. The number of methoxy groups -OCH3 is 4. The van der Waals surface area contributed by atoms with E-state index < -0.39 is 7.82 Å². The van der Waals surface area contributed by atoms with Crippen LogP contribution in [0.5, 0.6) is 28.7 Å². The highest BCUT2D eigenvalue weighted by Crippen LogP contribution is 2.46.